The van der Waals surface area contributed by atoms with Gasteiger partial charge < -0.3 is 11.1 Å². The van der Waals surface area contributed by atoms with Gasteiger partial charge in [-0.2, -0.15) is 0 Å². The van der Waals surface area contributed by atoms with E-state index in [0.29, 0.717) is 16.9 Å². The summed E-state index contributed by atoms with van der Waals surface area (Å²) in [6.07, 6.45) is 1.58. The molecule has 0 fully saturated rings. The van der Waals surface area contributed by atoms with Gasteiger partial charge in [0.05, 0.1) is 22.6 Å². The first-order valence-corrected chi connectivity index (χ1v) is 7.32. The Balaban J connectivity index is 1.79. The lowest BCUT2D eigenvalue weighted by atomic mass is 10.1. The van der Waals surface area contributed by atoms with Crippen molar-refractivity contribution < 1.29 is 4.79 Å². The molecule has 0 radical (unpaired) electrons. The number of nitrogens with one attached hydrogen (secondary N) is 1. The summed E-state index contributed by atoms with van der Waals surface area (Å²) in [4.78, 5) is 16.6. The van der Waals surface area contributed by atoms with Crippen molar-refractivity contribution in [3.05, 3.63) is 78.0 Å². The van der Waals surface area contributed by atoms with Crippen molar-refractivity contribution in [3.8, 4) is 11.3 Å². The summed E-state index contributed by atoms with van der Waals surface area (Å²) >= 11 is 0. The molecule has 23 heavy (non-hydrogen) atoms. The first kappa shape index (κ1) is 14.8. The smallest absolute Gasteiger partial charge is 0.257 e. The van der Waals surface area contributed by atoms with Crippen LogP contribution in [-0.4, -0.2) is 10.9 Å². The molecule has 0 saturated carbocycles. The van der Waals surface area contributed by atoms with Crippen LogP contribution in [0.3, 0.4) is 0 Å². The topological polar surface area (TPSA) is 68.0 Å². The standard InChI is InChI=1S/C19H17N3O/c1-13-5-4-6-14(11-13)17-10-9-15(12-21-17)19(23)22-18-8-3-2-7-16(18)20/h2-12H,20H2,1H3,(H,22,23). The van der Waals surface area contributed by atoms with Gasteiger partial charge in [0.25, 0.3) is 5.91 Å². The minimum Gasteiger partial charge on any atom is -0.397 e. The average molecular weight is 303 g/mol. The molecule has 0 aliphatic rings. The highest BCUT2D eigenvalue weighted by molar-refractivity contribution is 6.05. The Bertz CT molecular complexity index is 841. The van der Waals surface area contributed by atoms with Crippen molar-refractivity contribution in [2.24, 2.45) is 0 Å². The maximum absolute atomic E-state index is 12.3. The van der Waals surface area contributed by atoms with Gasteiger partial charge in [0.15, 0.2) is 0 Å². The highest BCUT2D eigenvalue weighted by Crippen LogP contribution is 2.20. The predicted molar refractivity (Wildman–Crippen MR) is 93.2 cm³/mol. The molecule has 1 aromatic heterocycles. The van der Waals surface area contributed by atoms with Gasteiger partial charge >= 0.3 is 0 Å². The Kier molecular flexibility index (Phi) is 4.06. The van der Waals surface area contributed by atoms with Gasteiger partial charge in [0.1, 0.15) is 0 Å². The van der Waals surface area contributed by atoms with Gasteiger partial charge in [0, 0.05) is 11.8 Å². The molecule has 2 aromatic carbocycles. The lowest BCUT2D eigenvalue weighted by Crippen LogP contribution is -2.13. The minimum absolute atomic E-state index is 0.230. The van der Waals surface area contributed by atoms with Gasteiger partial charge in [-0.05, 0) is 37.3 Å². The summed E-state index contributed by atoms with van der Waals surface area (Å²) in [6.45, 7) is 2.04. The monoisotopic (exact) mass is 303 g/mol. The van der Waals surface area contributed by atoms with Crippen LogP contribution in [-0.2, 0) is 0 Å². The maximum atomic E-state index is 12.3. The van der Waals surface area contributed by atoms with Gasteiger partial charge in [-0.25, -0.2) is 0 Å². The number of para-hydroxylation sites is 2. The van der Waals surface area contributed by atoms with Crippen molar-refractivity contribution in [1.29, 1.82) is 0 Å². The molecule has 3 rings (SSSR count). The van der Waals surface area contributed by atoms with E-state index >= 15 is 0 Å². The van der Waals surface area contributed by atoms with E-state index in [1.807, 2.05) is 43.3 Å². The van der Waals surface area contributed by atoms with E-state index in [1.165, 1.54) is 5.56 Å². The molecule has 0 aliphatic heterocycles. The second kappa shape index (κ2) is 6.32. The number of hydrogen-bond donors (Lipinski definition) is 2. The van der Waals surface area contributed by atoms with E-state index in [9.17, 15) is 4.79 Å². The molecule has 1 amide bonds. The molecule has 4 heteroatoms. The summed E-state index contributed by atoms with van der Waals surface area (Å²) in [6, 6.07) is 18.9. The molecule has 114 valence electrons. The zero-order valence-corrected chi connectivity index (χ0v) is 12.8. The first-order valence-electron chi connectivity index (χ1n) is 7.32. The van der Waals surface area contributed by atoms with Crippen LogP contribution in [0.5, 0.6) is 0 Å². The van der Waals surface area contributed by atoms with E-state index in [-0.39, 0.29) is 5.91 Å². The molecule has 4 nitrogen and oxygen atoms in total. The molecular weight excluding hydrogens is 286 g/mol. The number of amides is 1. The number of anilines is 2. The highest BCUT2D eigenvalue weighted by atomic mass is 16.1. The largest absolute Gasteiger partial charge is 0.397 e. The van der Waals surface area contributed by atoms with Gasteiger partial charge in [-0.3, -0.25) is 9.78 Å². The molecule has 0 atom stereocenters. The number of nitrogen functional groups attached to an aromatic ring is 1. The number of carbonyl (C=O) groups excluding carboxylic acids is 1. The van der Waals surface area contributed by atoms with E-state index in [4.69, 9.17) is 5.73 Å². The van der Waals surface area contributed by atoms with Crippen LogP contribution in [0.1, 0.15) is 15.9 Å². The third-order valence-corrected chi connectivity index (χ3v) is 3.55. The second-order valence-electron chi connectivity index (χ2n) is 5.34. The van der Waals surface area contributed by atoms with Crippen molar-refractivity contribution in [1.82, 2.24) is 4.98 Å². The molecule has 3 aromatic rings. The molecule has 0 unspecified atom stereocenters. The lowest BCUT2D eigenvalue weighted by Gasteiger charge is -2.08. The Morgan fingerprint density at radius 2 is 1.87 bits per heavy atom. The van der Waals surface area contributed by atoms with Crippen LogP contribution in [0.2, 0.25) is 0 Å². The fourth-order valence-corrected chi connectivity index (χ4v) is 2.31. The molecule has 0 bridgehead atoms. The third-order valence-electron chi connectivity index (χ3n) is 3.55. The summed E-state index contributed by atoms with van der Waals surface area (Å²) in [5.74, 6) is -0.230. The molecular formula is C19H17N3O. The number of aromatic nitrogens is 1. The Morgan fingerprint density at radius 1 is 1.04 bits per heavy atom. The third kappa shape index (κ3) is 3.37. The summed E-state index contributed by atoms with van der Waals surface area (Å²) in [5.41, 5.74) is 10.5. The zero-order valence-electron chi connectivity index (χ0n) is 12.8. The van der Waals surface area contributed by atoms with E-state index in [0.717, 1.165) is 11.3 Å². The fourth-order valence-electron chi connectivity index (χ4n) is 2.31. The van der Waals surface area contributed by atoms with E-state index in [1.54, 1.807) is 24.4 Å². The first-order chi connectivity index (χ1) is 11.1. The van der Waals surface area contributed by atoms with Gasteiger partial charge in [-0.15, -0.1) is 0 Å². The molecule has 0 spiro atoms. The van der Waals surface area contributed by atoms with Crippen LogP contribution in [0, 0.1) is 6.92 Å². The number of rotatable bonds is 3. The van der Waals surface area contributed by atoms with Crippen LogP contribution in [0.25, 0.3) is 11.3 Å². The summed E-state index contributed by atoms with van der Waals surface area (Å²) in [5, 5.41) is 2.79. The SMILES string of the molecule is Cc1cccc(-c2ccc(C(=O)Nc3ccccc3N)cn2)c1. The van der Waals surface area contributed by atoms with E-state index < -0.39 is 0 Å². The number of nitrogens with two attached hydrogens (primary N) is 1. The lowest BCUT2D eigenvalue weighted by molar-refractivity contribution is 0.102. The number of pyridine rings is 1. The average Bonchev–Trinajstić information content (AvgIpc) is 2.57. The van der Waals surface area contributed by atoms with Crippen molar-refractivity contribution in [3.63, 3.8) is 0 Å². The maximum Gasteiger partial charge on any atom is 0.257 e. The van der Waals surface area contributed by atoms with Crippen LogP contribution in [0.4, 0.5) is 11.4 Å². The Labute approximate surface area is 135 Å². The Morgan fingerprint density at radius 3 is 2.57 bits per heavy atom. The number of hydrogen-bond acceptors (Lipinski definition) is 3. The quantitative estimate of drug-likeness (QED) is 0.721. The number of carbonyl (C=O) groups is 1. The minimum atomic E-state index is -0.230. The number of aryl methyl sites for hydroxylation is 1. The van der Waals surface area contributed by atoms with Crippen LogP contribution >= 0.6 is 0 Å². The number of nitrogens with zero attached hydrogens (tertiary/aromatic N) is 1. The van der Waals surface area contributed by atoms with Crippen LogP contribution in [0.15, 0.2) is 66.9 Å². The van der Waals surface area contributed by atoms with Gasteiger partial charge in [0.2, 0.25) is 0 Å². The predicted octanol–water partition coefficient (Wildman–Crippen LogP) is 3.89. The van der Waals surface area contributed by atoms with Crippen molar-refractivity contribution in [2.75, 3.05) is 11.1 Å². The van der Waals surface area contributed by atoms with Crippen molar-refractivity contribution in [2.45, 2.75) is 6.92 Å². The van der Waals surface area contributed by atoms with Gasteiger partial charge in [-0.1, -0.05) is 35.9 Å². The summed E-state index contributed by atoms with van der Waals surface area (Å²) < 4.78 is 0. The second-order valence-corrected chi connectivity index (χ2v) is 5.34. The Hall–Kier alpha value is -3.14. The molecule has 3 N–H and O–H groups in total. The molecule has 1 heterocycles. The molecule has 0 saturated heterocycles. The van der Waals surface area contributed by atoms with Crippen LogP contribution < -0.4 is 11.1 Å². The van der Waals surface area contributed by atoms with E-state index in [2.05, 4.69) is 16.4 Å². The number of benzene rings is 2. The zero-order chi connectivity index (χ0) is 16.2. The fraction of sp³-hybridized carbons (Fsp3) is 0.0526. The molecule has 0 aliphatic carbocycles. The summed E-state index contributed by atoms with van der Waals surface area (Å²) in [7, 11) is 0. The normalized spacial score (nSPS) is 10.3. The highest BCUT2D eigenvalue weighted by Gasteiger charge is 2.09. The van der Waals surface area contributed by atoms with Crippen molar-refractivity contribution >= 4 is 17.3 Å².